The summed E-state index contributed by atoms with van der Waals surface area (Å²) in [5.74, 6) is 0.932. The van der Waals surface area contributed by atoms with Gasteiger partial charge < -0.3 is 15.2 Å². The first-order valence-corrected chi connectivity index (χ1v) is 6.72. The molecule has 0 spiro atoms. The van der Waals surface area contributed by atoms with E-state index in [4.69, 9.17) is 15.2 Å². The van der Waals surface area contributed by atoms with E-state index in [2.05, 4.69) is 19.1 Å². The van der Waals surface area contributed by atoms with Gasteiger partial charge in [0, 0.05) is 13.2 Å². The lowest BCUT2D eigenvalue weighted by molar-refractivity contribution is 0.202. The van der Waals surface area contributed by atoms with Gasteiger partial charge in [-0.2, -0.15) is 0 Å². The van der Waals surface area contributed by atoms with Gasteiger partial charge in [-0.1, -0.05) is 19.1 Å². The molecular weight excluding hydrogens is 226 g/mol. The Morgan fingerprint density at radius 3 is 2.50 bits per heavy atom. The van der Waals surface area contributed by atoms with Gasteiger partial charge in [0.25, 0.3) is 0 Å². The van der Waals surface area contributed by atoms with Crippen LogP contribution in [-0.2, 0) is 11.2 Å². The van der Waals surface area contributed by atoms with Gasteiger partial charge >= 0.3 is 0 Å². The zero-order valence-electron chi connectivity index (χ0n) is 11.5. The van der Waals surface area contributed by atoms with Crippen LogP contribution in [0.25, 0.3) is 0 Å². The molecule has 0 fully saturated rings. The van der Waals surface area contributed by atoms with Crippen LogP contribution in [-0.4, -0.2) is 26.4 Å². The Kier molecular flexibility index (Phi) is 7.46. The molecule has 1 aromatic rings. The standard InChI is InChI=1S/C15H25NO2/c1-3-14(16)5-4-11-18-15-8-6-13(7-9-15)10-12-17-2/h6-9,14H,3-5,10-12,16H2,1-2H3. The Balaban J connectivity index is 2.22. The number of methoxy groups -OCH3 is 1. The van der Waals surface area contributed by atoms with E-state index in [1.165, 1.54) is 5.56 Å². The smallest absolute Gasteiger partial charge is 0.119 e. The van der Waals surface area contributed by atoms with Crippen molar-refractivity contribution in [2.75, 3.05) is 20.3 Å². The van der Waals surface area contributed by atoms with Gasteiger partial charge in [-0.25, -0.2) is 0 Å². The lowest BCUT2D eigenvalue weighted by Gasteiger charge is -2.10. The number of nitrogens with two attached hydrogens (primary N) is 1. The van der Waals surface area contributed by atoms with Crippen molar-refractivity contribution in [2.45, 2.75) is 38.6 Å². The van der Waals surface area contributed by atoms with E-state index in [1.54, 1.807) is 7.11 Å². The van der Waals surface area contributed by atoms with Crippen LogP contribution in [0.2, 0.25) is 0 Å². The maximum absolute atomic E-state index is 5.85. The van der Waals surface area contributed by atoms with Crippen molar-refractivity contribution in [1.82, 2.24) is 0 Å². The minimum absolute atomic E-state index is 0.310. The molecule has 0 saturated heterocycles. The van der Waals surface area contributed by atoms with E-state index >= 15 is 0 Å². The minimum atomic E-state index is 0.310. The van der Waals surface area contributed by atoms with Crippen LogP contribution in [0.1, 0.15) is 31.7 Å². The SMILES string of the molecule is CCC(N)CCCOc1ccc(CCOC)cc1. The summed E-state index contributed by atoms with van der Waals surface area (Å²) in [6.07, 6.45) is 4.03. The maximum atomic E-state index is 5.85. The fourth-order valence-corrected chi connectivity index (χ4v) is 1.71. The van der Waals surface area contributed by atoms with E-state index < -0.39 is 0 Å². The molecule has 0 aliphatic heterocycles. The van der Waals surface area contributed by atoms with Crippen LogP contribution in [0.3, 0.4) is 0 Å². The molecule has 0 heterocycles. The third kappa shape index (κ3) is 6.03. The minimum Gasteiger partial charge on any atom is -0.494 e. The van der Waals surface area contributed by atoms with Gasteiger partial charge in [-0.05, 0) is 43.4 Å². The normalized spacial score (nSPS) is 12.4. The summed E-state index contributed by atoms with van der Waals surface area (Å²) in [7, 11) is 1.72. The second-order valence-corrected chi connectivity index (χ2v) is 4.55. The van der Waals surface area contributed by atoms with Crippen molar-refractivity contribution in [3.8, 4) is 5.75 Å². The largest absolute Gasteiger partial charge is 0.494 e. The van der Waals surface area contributed by atoms with Crippen molar-refractivity contribution in [3.63, 3.8) is 0 Å². The van der Waals surface area contributed by atoms with E-state index in [1.807, 2.05) is 12.1 Å². The highest BCUT2D eigenvalue weighted by Crippen LogP contribution is 2.13. The zero-order valence-corrected chi connectivity index (χ0v) is 11.5. The summed E-state index contributed by atoms with van der Waals surface area (Å²) in [5.41, 5.74) is 7.13. The van der Waals surface area contributed by atoms with Crippen molar-refractivity contribution in [1.29, 1.82) is 0 Å². The van der Waals surface area contributed by atoms with Crippen LogP contribution in [0.5, 0.6) is 5.75 Å². The van der Waals surface area contributed by atoms with Crippen LogP contribution in [0.15, 0.2) is 24.3 Å². The Hall–Kier alpha value is -1.06. The predicted octanol–water partition coefficient (Wildman–Crippen LogP) is 2.77. The molecule has 1 rings (SSSR count). The molecule has 2 N–H and O–H groups in total. The van der Waals surface area contributed by atoms with Gasteiger partial charge in [-0.15, -0.1) is 0 Å². The first-order chi connectivity index (χ1) is 8.76. The highest BCUT2D eigenvalue weighted by Gasteiger charge is 1.99. The van der Waals surface area contributed by atoms with Crippen LogP contribution >= 0.6 is 0 Å². The van der Waals surface area contributed by atoms with Crippen LogP contribution in [0.4, 0.5) is 0 Å². The van der Waals surface area contributed by atoms with Gasteiger partial charge in [0.05, 0.1) is 13.2 Å². The summed E-state index contributed by atoms with van der Waals surface area (Å²) in [6.45, 7) is 3.62. The topological polar surface area (TPSA) is 44.5 Å². The lowest BCUT2D eigenvalue weighted by atomic mass is 10.1. The molecule has 18 heavy (non-hydrogen) atoms. The average Bonchev–Trinajstić information content (AvgIpc) is 2.42. The second-order valence-electron chi connectivity index (χ2n) is 4.55. The third-order valence-electron chi connectivity index (χ3n) is 3.03. The zero-order chi connectivity index (χ0) is 13.2. The monoisotopic (exact) mass is 251 g/mol. The fraction of sp³-hybridized carbons (Fsp3) is 0.600. The molecule has 1 unspecified atom stereocenters. The summed E-state index contributed by atoms with van der Waals surface area (Å²) in [5, 5.41) is 0. The molecule has 102 valence electrons. The van der Waals surface area contributed by atoms with E-state index in [-0.39, 0.29) is 0 Å². The summed E-state index contributed by atoms with van der Waals surface area (Å²) < 4.78 is 10.7. The molecule has 0 aromatic heterocycles. The molecule has 0 radical (unpaired) electrons. The van der Waals surface area contributed by atoms with Crippen molar-refractivity contribution in [2.24, 2.45) is 5.73 Å². The Bertz CT molecular complexity index is 311. The number of benzene rings is 1. The van der Waals surface area contributed by atoms with Crippen LogP contribution < -0.4 is 10.5 Å². The molecule has 0 bridgehead atoms. The molecule has 0 amide bonds. The lowest BCUT2D eigenvalue weighted by Crippen LogP contribution is -2.19. The van der Waals surface area contributed by atoms with E-state index in [0.29, 0.717) is 6.04 Å². The van der Waals surface area contributed by atoms with Gasteiger partial charge in [0.1, 0.15) is 5.75 Å². The summed E-state index contributed by atoms with van der Waals surface area (Å²) in [4.78, 5) is 0. The summed E-state index contributed by atoms with van der Waals surface area (Å²) >= 11 is 0. The van der Waals surface area contributed by atoms with Gasteiger partial charge in [-0.3, -0.25) is 0 Å². The Labute approximate surface area is 110 Å². The molecular formula is C15H25NO2. The fourth-order valence-electron chi connectivity index (χ4n) is 1.71. The van der Waals surface area contributed by atoms with Crippen LogP contribution in [0, 0.1) is 0 Å². The Morgan fingerprint density at radius 2 is 1.89 bits per heavy atom. The molecule has 1 aromatic carbocycles. The number of ether oxygens (including phenoxy) is 2. The average molecular weight is 251 g/mol. The third-order valence-corrected chi connectivity index (χ3v) is 3.03. The Morgan fingerprint density at radius 1 is 1.17 bits per heavy atom. The van der Waals surface area contributed by atoms with E-state index in [9.17, 15) is 0 Å². The molecule has 1 atom stereocenters. The van der Waals surface area contributed by atoms with Crippen molar-refractivity contribution >= 4 is 0 Å². The second kappa shape index (κ2) is 8.95. The summed E-state index contributed by atoms with van der Waals surface area (Å²) in [6, 6.07) is 8.53. The number of hydrogen-bond donors (Lipinski definition) is 1. The predicted molar refractivity (Wildman–Crippen MR) is 75.0 cm³/mol. The molecule has 0 aliphatic rings. The molecule has 0 aliphatic carbocycles. The highest BCUT2D eigenvalue weighted by molar-refractivity contribution is 5.27. The first kappa shape index (κ1) is 15.0. The quantitative estimate of drug-likeness (QED) is 0.686. The van der Waals surface area contributed by atoms with Crippen molar-refractivity contribution in [3.05, 3.63) is 29.8 Å². The van der Waals surface area contributed by atoms with E-state index in [0.717, 1.165) is 44.6 Å². The van der Waals surface area contributed by atoms with Crippen molar-refractivity contribution < 1.29 is 9.47 Å². The maximum Gasteiger partial charge on any atom is 0.119 e. The molecule has 3 heteroatoms. The number of hydrogen-bond acceptors (Lipinski definition) is 3. The first-order valence-electron chi connectivity index (χ1n) is 6.72. The molecule has 3 nitrogen and oxygen atoms in total. The highest BCUT2D eigenvalue weighted by atomic mass is 16.5. The number of rotatable bonds is 9. The molecule has 0 saturated carbocycles. The van der Waals surface area contributed by atoms with Gasteiger partial charge in [0.15, 0.2) is 0 Å². The van der Waals surface area contributed by atoms with Gasteiger partial charge in [0.2, 0.25) is 0 Å².